The van der Waals surface area contributed by atoms with Crippen LogP contribution in [-0.2, 0) is 4.79 Å². The molecule has 3 aromatic rings. The molecular formula is C17H15ClN4O2. The second-order valence-electron chi connectivity index (χ2n) is 5.54. The van der Waals surface area contributed by atoms with Crippen molar-refractivity contribution in [3.63, 3.8) is 0 Å². The highest BCUT2D eigenvalue weighted by molar-refractivity contribution is 6.30. The van der Waals surface area contributed by atoms with E-state index in [0.717, 1.165) is 10.2 Å². The van der Waals surface area contributed by atoms with Crippen molar-refractivity contribution in [2.24, 2.45) is 5.73 Å². The molecule has 0 spiro atoms. The highest BCUT2D eigenvalue weighted by atomic mass is 35.5. The number of hydrogen-bond donors (Lipinski definition) is 1. The molecule has 2 unspecified atom stereocenters. The van der Waals surface area contributed by atoms with E-state index in [1.165, 1.54) is 0 Å². The van der Waals surface area contributed by atoms with Crippen molar-refractivity contribution in [2.75, 3.05) is 0 Å². The number of rotatable bonds is 4. The van der Waals surface area contributed by atoms with Crippen LogP contribution in [0, 0.1) is 0 Å². The summed E-state index contributed by atoms with van der Waals surface area (Å²) in [4.78, 5) is 24.7. The minimum atomic E-state index is -0.948. The zero-order valence-corrected chi connectivity index (χ0v) is 13.6. The zero-order valence-electron chi connectivity index (χ0n) is 12.9. The van der Waals surface area contributed by atoms with Gasteiger partial charge in [-0.3, -0.25) is 9.59 Å². The van der Waals surface area contributed by atoms with Gasteiger partial charge in [0.15, 0.2) is 0 Å². The van der Waals surface area contributed by atoms with Crippen molar-refractivity contribution in [2.45, 2.75) is 18.9 Å². The van der Waals surface area contributed by atoms with Crippen LogP contribution >= 0.6 is 11.6 Å². The number of amides is 1. The number of nitrogens with two attached hydrogens (primary N) is 1. The Morgan fingerprint density at radius 3 is 2.50 bits per heavy atom. The Morgan fingerprint density at radius 1 is 1.17 bits per heavy atom. The van der Waals surface area contributed by atoms with Crippen LogP contribution in [0.2, 0.25) is 5.02 Å². The SMILES string of the molecule is CC(c1ccc(Cl)cc1)C(C(N)=O)n1nnc2ccccc2c1=O. The Balaban J connectivity index is 2.12. The van der Waals surface area contributed by atoms with Gasteiger partial charge in [-0.05, 0) is 29.8 Å². The Labute approximate surface area is 142 Å². The number of carbonyl (C=O) groups excluding carboxylic acids is 1. The molecule has 6 nitrogen and oxygen atoms in total. The van der Waals surface area contributed by atoms with E-state index in [4.69, 9.17) is 17.3 Å². The monoisotopic (exact) mass is 342 g/mol. The van der Waals surface area contributed by atoms with Crippen molar-refractivity contribution in [1.82, 2.24) is 15.0 Å². The molecular weight excluding hydrogens is 328 g/mol. The number of halogens is 1. The van der Waals surface area contributed by atoms with E-state index in [-0.39, 0.29) is 5.92 Å². The smallest absolute Gasteiger partial charge is 0.278 e. The summed E-state index contributed by atoms with van der Waals surface area (Å²) in [5.41, 5.74) is 6.46. The Kier molecular flexibility index (Phi) is 4.31. The molecule has 0 aliphatic heterocycles. The molecule has 0 aliphatic carbocycles. The number of aromatic nitrogens is 3. The molecule has 0 saturated heterocycles. The van der Waals surface area contributed by atoms with Gasteiger partial charge in [0.05, 0.1) is 5.39 Å². The average molecular weight is 343 g/mol. The van der Waals surface area contributed by atoms with Gasteiger partial charge >= 0.3 is 0 Å². The summed E-state index contributed by atoms with van der Waals surface area (Å²) < 4.78 is 1.06. The van der Waals surface area contributed by atoms with E-state index < -0.39 is 17.5 Å². The fraction of sp³-hybridized carbons (Fsp3) is 0.176. The van der Waals surface area contributed by atoms with Crippen LogP contribution in [0.4, 0.5) is 0 Å². The summed E-state index contributed by atoms with van der Waals surface area (Å²) in [6, 6.07) is 12.9. The van der Waals surface area contributed by atoms with Gasteiger partial charge in [-0.15, -0.1) is 5.10 Å². The van der Waals surface area contributed by atoms with Crippen LogP contribution in [0.25, 0.3) is 10.9 Å². The van der Waals surface area contributed by atoms with Crippen LogP contribution in [-0.4, -0.2) is 20.9 Å². The van der Waals surface area contributed by atoms with Crippen LogP contribution in [0.15, 0.2) is 53.3 Å². The maximum absolute atomic E-state index is 12.7. The fourth-order valence-corrected chi connectivity index (χ4v) is 2.84. The second kappa shape index (κ2) is 6.41. The van der Waals surface area contributed by atoms with Crippen molar-refractivity contribution in [1.29, 1.82) is 0 Å². The van der Waals surface area contributed by atoms with E-state index >= 15 is 0 Å². The highest BCUT2D eigenvalue weighted by Crippen LogP contribution is 2.28. The lowest BCUT2D eigenvalue weighted by Crippen LogP contribution is -2.39. The molecule has 2 N–H and O–H groups in total. The van der Waals surface area contributed by atoms with E-state index in [0.29, 0.717) is 15.9 Å². The van der Waals surface area contributed by atoms with Crippen molar-refractivity contribution >= 4 is 28.4 Å². The lowest BCUT2D eigenvalue weighted by Gasteiger charge is -2.22. The Morgan fingerprint density at radius 2 is 1.83 bits per heavy atom. The molecule has 3 rings (SSSR count). The van der Waals surface area contributed by atoms with Crippen LogP contribution in [0.5, 0.6) is 0 Å². The summed E-state index contributed by atoms with van der Waals surface area (Å²) in [5, 5.41) is 8.92. The maximum Gasteiger partial charge on any atom is 0.278 e. The van der Waals surface area contributed by atoms with Crippen molar-refractivity contribution in [3.05, 3.63) is 69.5 Å². The molecule has 1 aromatic heterocycles. The molecule has 0 fully saturated rings. The molecule has 0 radical (unpaired) electrons. The summed E-state index contributed by atoms with van der Waals surface area (Å²) in [6.45, 7) is 1.81. The van der Waals surface area contributed by atoms with Crippen LogP contribution in [0.1, 0.15) is 24.4 Å². The first-order valence-corrected chi connectivity index (χ1v) is 7.76. The molecule has 2 aromatic carbocycles. The summed E-state index contributed by atoms with van der Waals surface area (Å²) >= 11 is 5.90. The third-order valence-corrected chi connectivity index (χ3v) is 4.27. The predicted molar refractivity (Wildman–Crippen MR) is 91.9 cm³/mol. The van der Waals surface area contributed by atoms with Gasteiger partial charge in [0.2, 0.25) is 5.91 Å². The predicted octanol–water partition coefficient (Wildman–Crippen LogP) is 2.28. The topological polar surface area (TPSA) is 90.9 Å². The largest absolute Gasteiger partial charge is 0.368 e. The molecule has 122 valence electrons. The fourth-order valence-electron chi connectivity index (χ4n) is 2.71. The van der Waals surface area contributed by atoms with Gasteiger partial charge in [0.25, 0.3) is 5.56 Å². The molecule has 2 atom stereocenters. The first-order valence-electron chi connectivity index (χ1n) is 7.38. The lowest BCUT2D eigenvalue weighted by atomic mass is 9.93. The molecule has 24 heavy (non-hydrogen) atoms. The van der Waals surface area contributed by atoms with Gasteiger partial charge in [0.1, 0.15) is 11.6 Å². The first kappa shape index (κ1) is 16.1. The summed E-state index contributed by atoms with van der Waals surface area (Å²) in [5.74, 6) is -1.02. The molecule has 0 bridgehead atoms. The van der Waals surface area contributed by atoms with Gasteiger partial charge in [0, 0.05) is 10.9 Å². The minimum absolute atomic E-state index is 0.368. The third kappa shape index (κ3) is 2.88. The number of benzene rings is 2. The number of primary amides is 1. The summed E-state index contributed by atoms with van der Waals surface area (Å²) in [7, 11) is 0. The molecule has 0 saturated carbocycles. The first-order chi connectivity index (χ1) is 11.5. The van der Waals surface area contributed by atoms with E-state index in [1.807, 2.05) is 6.92 Å². The van der Waals surface area contributed by atoms with E-state index in [2.05, 4.69) is 10.3 Å². The molecule has 1 heterocycles. The summed E-state index contributed by atoms with van der Waals surface area (Å²) in [6.07, 6.45) is 0. The standard InChI is InChI=1S/C17H15ClN4O2/c1-10(11-6-8-12(18)9-7-11)15(16(19)23)22-17(24)13-4-2-3-5-14(13)20-21-22/h2-10,15H,1H3,(H2,19,23). The maximum atomic E-state index is 12.7. The number of hydrogen-bond acceptors (Lipinski definition) is 4. The van der Waals surface area contributed by atoms with E-state index in [1.54, 1.807) is 48.5 Å². The average Bonchev–Trinajstić information content (AvgIpc) is 2.57. The number of fused-ring (bicyclic) bond motifs is 1. The van der Waals surface area contributed by atoms with Crippen molar-refractivity contribution in [3.8, 4) is 0 Å². The Hall–Kier alpha value is -2.73. The van der Waals surface area contributed by atoms with Gasteiger partial charge in [-0.1, -0.05) is 48.0 Å². The van der Waals surface area contributed by atoms with Gasteiger partial charge in [-0.25, -0.2) is 0 Å². The zero-order chi connectivity index (χ0) is 17.3. The van der Waals surface area contributed by atoms with Crippen molar-refractivity contribution < 1.29 is 4.79 Å². The van der Waals surface area contributed by atoms with Crippen LogP contribution < -0.4 is 11.3 Å². The lowest BCUT2D eigenvalue weighted by molar-refractivity contribution is -0.122. The second-order valence-corrected chi connectivity index (χ2v) is 5.98. The number of carbonyl (C=O) groups is 1. The van der Waals surface area contributed by atoms with E-state index in [9.17, 15) is 9.59 Å². The quantitative estimate of drug-likeness (QED) is 0.787. The minimum Gasteiger partial charge on any atom is -0.368 e. The number of nitrogens with zero attached hydrogens (tertiary/aromatic N) is 3. The molecule has 0 aliphatic rings. The van der Waals surface area contributed by atoms with Crippen LogP contribution in [0.3, 0.4) is 0 Å². The molecule has 7 heteroatoms. The van der Waals surface area contributed by atoms with Gasteiger partial charge < -0.3 is 5.73 Å². The highest BCUT2D eigenvalue weighted by Gasteiger charge is 2.29. The third-order valence-electron chi connectivity index (χ3n) is 4.02. The molecule has 1 amide bonds. The van der Waals surface area contributed by atoms with Gasteiger partial charge in [-0.2, -0.15) is 4.68 Å². The Bertz CT molecular complexity index is 953. The normalized spacial score (nSPS) is 13.6.